The molecule has 0 aliphatic carbocycles. The van der Waals surface area contributed by atoms with Gasteiger partial charge in [0, 0.05) is 18.8 Å². The van der Waals surface area contributed by atoms with Crippen LogP contribution in [-0.2, 0) is 0 Å². The van der Waals surface area contributed by atoms with Crippen molar-refractivity contribution in [3.8, 4) is 0 Å². The highest BCUT2D eigenvalue weighted by Gasteiger charge is 2.11. The van der Waals surface area contributed by atoms with E-state index in [1.54, 1.807) is 6.07 Å². The van der Waals surface area contributed by atoms with Crippen LogP contribution in [0.15, 0.2) is 12.3 Å². The van der Waals surface area contributed by atoms with Gasteiger partial charge in [0.05, 0.1) is 5.56 Å². The van der Waals surface area contributed by atoms with Crippen molar-refractivity contribution in [3.63, 3.8) is 0 Å². The molecule has 0 amide bonds. The lowest BCUT2D eigenvalue weighted by atomic mass is 10.1. The molecule has 0 unspecified atom stereocenters. The van der Waals surface area contributed by atoms with Crippen molar-refractivity contribution >= 4 is 17.4 Å². The van der Waals surface area contributed by atoms with Gasteiger partial charge in [-0.15, -0.1) is 0 Å². The SMILES string of the molecule is CC(=O)c1cc([C@H](N)CN)cnc1Cl. The van der Waals surface area contributed by atoms with E-state index in [2.05, 4.69) is 4.98 Å². The van der Waals surface area contributed by atoms with Gasteiger partial charge in [0.1, 0.15) is 5.15 Å². The fraction of sp³-hybridized carbons (Fsp3) is 0.333. The molecule has 0 aliphatic rings. The molecular formula is C9H12ClN3O. The Morgan fingerprint density at radius 3 is 2.86 bits per heavy atom. The topological polar surface area (TPSA) is 82.0 Å². The van der Waals surface area contributed by atoms with E-state index in [0.717, 1.165) is 5.56 Å². The van der Waals surface area contributed by atoms with Crippen LogP contribution >= 0.6 is 11.6 Å². The number of hydrogen-bond donors (Lipinski definition) is 2. The van der Waals surface area contributed by atoms with E-state index in [0.29, 0.717) is 12.1 Å². The monoisotopic (exact) mass is 213 g/mol. The highest BCUT2D eigenvalue weighted by Crippen LogP contribution is 2.17. The normalized spacial score (nSPS) is 12.6. The minimum Gasteiger partial charge on any atom is -0.329 e. The van der Waals surface area contributed by atoms with Gasteiger partial charge in [-0.25, -0.2) is 4.98 Å². The number of hydrogen-bond acceptors (Lipinski definition) is 4. The van der Waals surface area contributed by atoms with Gasteiger partial charge in [-0.1, -0.05) is 11.6 Å². The van der Waals surface area contributed by atoms with Crippen LogP contribution < -0.4 is 11.5 Å². The molecule has 0 fully saturated rings. The zero-order chi connectivity index (χ0) is 10.7. The molecule has 5 heteroatoms. The maximum atomic E-state index is 11.1. The summed E-state index contributed by atoms with van der Waals surface area (Å²) in [4.78, 5) is 15.0. The standard InChI is InChI=1S/C9H12ClN3O/c1-5(14)7-2-6(8(12)3-11)4-13-9(7)10/h2,4,8H,3,11-12H2,1H3/t8-/m1/s1. The second-order valence-electron chi connectivity index (χ2n) is 3.01. The fourth-order valence-electron chi connectivity index (χ4n) is 1.05. The van der Waals surface area contributed by atoms with Gasteiger partial charge in [-0.05, 0) is 18.6 Å². The molecule has 0 saturated heterocycles. The Balaban J connectivity index is 3.12. The molecule has 0 spiro atoms. The molecule has 4 nitrogen and oxygen atoms in total. The van der Waals surface area contributed by atoms with Crippen LogP contribution in [0.5, 0.6) is 0 Å². The number of aromatic nitrogens is 1. The predicted octanol–water partition coefficient (Wildman–Crippen LogP) is 0.896. The third-order valence-electron chi connectivity index (χ3n) is 1.92. The summed E-state index contributed by atoms with van der Waals surface area (Å²) in [5.41, 5.74) is 12.2. The Hall–Kier alpha value is -0.970. The number of pyridine rings is 1. The second-order valence-corrected chi connectivity index (χ2v) is 3.36. The molecule has 1 rings (SSSR count). The summed E-state index contributed by atoms with van der Waals surface area (Å²) in [6.45, 7) is 1.74. The molecular weight excluding hydrogens is 202 g/mol. The van der Waals surface area contributed by atoms with E-state index < -0.39 is 0 Å². The maximum Gasteiger partial charge on any atom is 0.162 e. The van der Waals surface area contributed by atoms with Crippen LogP contribution in [0.2, 0.25) is 5.15 Å². The van der Waals surface area contributed by atoms with Crippen molar-refractivity contribution in [3.05, 3.63) is 28.5 Å². The maximum absolute atomic E-state index is 11.1. The average molecular weight is 214 g/mol. The molecule has 1 atom stereocenters. The molecule has 0 saturated carbocycles. The first-order valence-corrected chi connectivity index (χ1v) is 4.56. The summed E-state index contributed by atoms with van der Waals surface area (Å²) in [5, 5.41) is 0.200. The van der Waals surface area contributed by atoms with Gasteiger partial charge in [0.25, 0.3) is 0 Å². The molecule has 1 aromatic heterocycles. The molecule has 1 heterocycles. The Morgan fingerprint density at radius 2 is 2.36 bits per heavy atom. The lowest BCUT2D eigenvalue weighted by Gasteiger charge is -2.09. The van der Waals surface area contributed by atoms with Gasteiger partial charge in [0.15, 0.2) is 5.78 Å². The summed E-state index contributed by atoms with van der Waals surface area (Å²) in [6.07, 6.45) is 1.53. The van der Waals surface area contributed by atoms with Crippen molar-refractivity contribution in [2.75, 3.05) is 6.54 Å². The Labute approximate surface area is 87.3 Å². The zero-order valence-electron chi connectivity index (χ0n) is 7.83. The number of Topliss-reactive ketones (excluding diaryl/α,β-unsaturated/α-hetero) is 1. The summed E-state index contributed by atoms with van der Waals surface area (Å²) < 4.78 is 0. The van der Waals surface area contributed by atoms with Crippen molar-refractivity contribution in [1.82, 2.24) is 4.98 Å². The summed E-state index contributed by atoms with van der Waals surface area (Å²) >= 11 is 5.74. The van der Waals surface area contributed by atoms with Crippen molar-refractivity contribution < 1.29 is 4.79 Å². The van der Waals surface area contributed by atoms with Gasteiger partial charge in [-0.2, -0.15) is 0 Å². The molecule has 0 aromatic carbocycles. The number of carbonyl (C=O) groups excluding carboxylic acids is 1. The Bertz CT molecular complexity index is 354. The van der Waals surface area contributed by atoms with Crippen molar-refractivity contribution in [2.24, 2.45) is 11.5 Å². The van der Waals surface area contributed by atoms with Crippen molar-refractivity contribution in [1.29, 1.82) is 0 Å². The minimum absolute atomic E-state index is 0.131. The lowest BCUT2D eigenvalue weighted by molar-refractivity contribution is 0.101. The smallest absolute Gasteiger partial charge is 0.162 e. The van der Waals surface area contributed by atoms with Crippen LogP contribution in [0.4, 0.5) is 0 Å². The van der Waals surface area contributed by atoms with E-state index in [1.165, 1.54) is 13.1 Å². The third-order valence-corrected chi connectivity index (χ3v) is 2.22. The van der Waals surface area contributed by atoms with E-state index in [1.807, 2.05) is 0 Å². The largest absolute Gasteiger partial charge is 0.329 e. The van der Waals surface area contributed by atoms with Crippen LogP contribution in [0.3, 0.4) is 0 Å². The Morgan fingerprint density at radius 1 is 1.71 bits per heavy atom. The van der Waals surface area contributed by atoms with E-state index in [9.17, 15) is 4.79 Å². The van der Waals surface area contributed by atoms with E-state index >= 15 is 0 Å². The molecule has 14 heavy (non-hydrogen) atoms. The molecule has 0 radical (unpaired) electrons. The number of nitrogens with zero attached hydrogens (tertiary/aromatic N) is 1. The number of nitrogens with two attached hydrogens (primary N) is 2. The van der Waals surface area contributed by atoms with Gasteiger partial charge in [0.2, 0.25) is 0 Å². The van der Waals surface area contributed by atoms with Crippen LogP contribution in [0.25, 0.3) is 0 Å². The molecule has 4 N–H and O–H groups in total. The van der Waals surface area contributed by atoms with Crippen LogP contribution in [0, 0.1) is 0 Å². The molecule has 0 aliphatic heterocycles. The van der Waals surface area contributed by atoms with Gasteiger partial charge in [-0.3, -0.25) is 4.79 Å². The fourth-order valence-corrected chi connectivity index (χ4v) is 1.29. The van der Waals surface area contributed by atoms with Gasteiger partial charge >= 0.3 is 0 Å². The number of carbonyl (C=O) groups is 1. The average Bonchev–Trinajstić information content (AvgIpc) is 2.17. The number of ketones is 1. The number of halogens is 1. The highest BCUT2D eigenvalue weighted by atomic mass is 35.5. The van der Waals surface area contributed by atoms with Crippen LogP contribution in [0.1, 0.15) is 28.9 Å². The lowest BCUT2D eigenvalue weighted by Crippen LogP contribution is -2.21. The minimum atomic E-state index is -0.308. The van der Waals surface area contributed by atoms with Crippen molar-refractivity contribution in [2.45, 2.75) is 13.0 Å². The number of rotatable bonds is 3. The molecule has 76 valence electrons. The quantitative estimate of drug-likeness (QED) is 0.577. The molecule has 0 bridgehead atoms. The first-order chi connectivity index (χ1) is 6.56. The third kappa shape index (κ3) is 2.29. The van der Waals surface area contributed by atoms with Crippen LogP contribution in [-0.4, -0.2) is 17.3 Å². The summed E-state index contributed by atoms with van der Waals surface area (Å²) in [5.74, 6) is -0.131. The second kappa shape index (κ2) is 4.50. The van der Waals surface area contributed by atoms with E-state index in [-0.39, 0.29) is 17.0 Å². The summed E-state index contributed by atoms with van der Waals surface area (Å²) in [7, 11) is 0. The highest BCUT2D eigenvalue weighted by molar-refractivity contribution is 6.32. The predicted molar refractivity (Wildman–Crippen MR) is 55.2 cm³/mol. The zero-order valence-corrected chi connectivity index (χ0v) is 8.58. The Kier molecular flexibility index (Phi) is 3.57. The first-order valence-electron chi connectivity index (χ1n) is 4.18. The van der Waals surface area contributed by atoms with Gasteiger partial charge < -0.3 is 11.5 Å². The van der Waals surface area contributed by atoms with E-state index in [4.69, 9.17) is 23.1 Å². The molecule has 1 aromatic rings. The summed E-state index contributed by atoms with van der Waals surface area (Å²) in [6, 6.07) is 1.33. The first kappa shape index (κ1) is 11.1.